The van der Waals surface area contributed by atoms with Crippen LogP contribution < -0.4 is 15.4 Å². The van der Waals surface area contributed by atoms with Gasteiger partial charge >= 0.3 is 6.61 Å². The van der Waals surface area contributed by atoms with Crippen LogP contribution in [0.15, 0.2) is 28.9 Å². The molecule has 1 aliphatic rings. The highest BCUT2D eigenvalue weighted by molar-refractivity contribution is 5.96. The molecule has 1 aromatic rings. The standard InChI is InChI=1S/C14H15F2N3O4/c1-7(20)9(19-12-13(22)18-6-17-12)4-8-2-3-11(10(21)5-8)23-14(15)16/h2-7,12,14,19-21H,1H3,(H,17,18,22)/b9-4+. The molecule has 0 saturated carbocycles. The van der Waals surface area contributed by atoms with Crippen molar-refractivity contribution in [2.75, 3.05) is 0 Å². The smallest absolute Gasteiger partial charge is 0.387 e. The van der Waals surface area contributed by atoms with Gasteiger partial charge in [-0.2, -0.15) is 8.78 Å². The molecule has 23 heavy (non-hydrogen) atoms. The van der Waals surface area contributed by atoms with E-state index < -0.39 is 24.6 Å². The van der Waals surface area contributed by atoms with Gasteiger partial charge in [0.15, 0.2) is 17.7 Å². The van der Waals surface area contributed by atoms with Crippen molar-refractivity contribution in [1.29, 1.82) is 0 Å². The normalized spacial score (nSPS) is 18.9. The number of carbonyl (C=O) groups excluding carboxylic acids is 1. The van der Waals surface area contributed by atoms with E-state index in [1.807, 2.05) is 0 Å². The molecule has 2 rings (SSSR count). The molecular weight excluding hydrogens is 312 g/mol. The number of aliphatic hydroxyl groups is 1. The molecule has 2 unspecified atom stereocenters. The molecule has 1 amide bonds. The van der Waals surface area contributed by atoms with E-state index in [9.17, 15) is 23.8 Å². The number of aliphatic hydroxyl groups excluding tert-OH is 1. The van der Waals surface area contributed by atoms with Crippen LogP contribution >= 0.6 is 0 Å². The van der Waals surface area contributed by atoms with Crippen molar-refractivity contribution in [1.82, 2.24) is 10.6 Å². The molecule has 0 radical (unpaired) electrons. The molecule has 0 saturated heterocycles. The van der Waals surface area contributed by atoms with Gasteiger partial charge in [-0.05, 0) is 30.7 Å². The van der Waals surface area contributed by atoms with Crippen LogP contribution in [0.2, 0.25) is 0 Å². The van der Waals surface area contributed by atoms with E-state index in [1.54, 1.807) is 0 Å². The Kier molecular flexibility index (Phi) is 5.12. The number of carbonyl (C=O) groups is 1. The van der Waals surface area contributed by atoms with Gasteiger partial charge in [-0.15, -0.1) is 0 Å². The highest BCUT2D eigenvalue weighted by atomic mass is 19.3. The number of ether oxygens (including phenoxy) is 1. The Morgan fingerprint density at radius 3 is 2.78 bits per heavy atom. The zero-order valence-corrected chi connectivity index (χ0v) is 12.0. The van der Waals surface area contributed by atoms with Crippen LogP contribution in [-0.4, -0.2) is 41.3 Å². The minimum Gasteiger partial charge on any atom is -0.504 e. The molecule has 0 fully saturated rings. The summed E-state index contributed by atoms with van der Waals surface area (Å²) >= 11 is 0. The summed E-state index contributed by atoms with van der Waals surface area (Å²) in [6.07, 6.45) is 0.878. The maximum Gasteiger partial charge on any atom is 0.387 e. The average Bonchev–Trinajstić information content (AvgIpc) is 2.86. The van der Waals surface area contributed by atoms with Gasteiger partial charge < -0.3 is 25.6 Å². The molecule has 2 atom stereocenters. The van der Waals surface area contributed by atoms with E-state index in [0.29, 0.717) is 5.56 Å². The van der Waals surface area contributed by atoms with Gasteiger partial charge in [-0.1, -0.05) is 6.07 Å². The molecule has 4 N–H and O–H groups in total. The predicted octanol–water partition coefficient (Wildman–Crippen LogP) is 0.789. The zero-order valence-electron chi connectivity index (χ0n) is 12.0. The second kappa shape index (κ2) is 7.05. The Balaban J connectivity index is 2.20. The summed E-state index contributed by atoms with van der Waals surface area (Å²) in [4.78, 5) is 15.3. The van der Waals surface area contributed by atoms with Gasteiger partial charge in [0, 0.05) is 5.70 Å². The number of aromatic hydroxyl groups is 1. The van der Waals surface area contributed by atoms with Crippen LogP contribution in [0.5, 0.6) is 11.5 Å². The Morgan fingerprint density at radius 1 is 1.52 bits per heavy atom. The number of alkyl halides is 2. The maximum absolute atomic E-state index is 12.1. The zero-order chi connectivity index (χ0) is 17.0. The molecule has 124 valence electrons. The predicted molar refractivity (Wildman–Crippen MR) is 78.0 cm³/mol. The van der Waals surface area contributed by atoms with E-state index in [2.05, 4.69) is 20.4 Å². The number of hydrogen-bond acceptors (Lipinski definition) is 6. The van der Waals surface area contributed by atoms with E-state index in [0.717, 1.165) is 0 Å². The highest BCUT2D eigenvalue weighted by Gasteiger charge is 2.22. The molecule has 1 aliphatic heterocycles. The summed E-state index contributed by atoms with van der Waals surface area (Å²) in [5, 5.41) is 24.6. The lowest BCUT2D eigenvalue weighted by molar-refractivity contribution is -0.120. The highest BCUT2D eigenvalue weighted by Crippen LogP contribution is 2.29. The third-order valence-electron chi connectivity index (χ3n) is 2.95. The van der Waals surface area contributed by atoms with Crippen LogP contribution in [0.25, 0.3) is 6.08 Å². The lowest BCUT2D eigenvalue weighted by Gasteiger charge is -2.16. The summed E-state index contributed by atoms with van der Waals surface area (Å²) in [7, 11) is 0. The van der Waals surface area contributed by atoms with E-state index in [-0.39, 0.29) is 17.4 Å². The summed E-state index contributed by atoms with van der Waals surface area (Å²) in [5.41, 5.74) is 0.682. The third kappa shape index (κ3) is 4.39. The summed E-state index contributed by atoms with van der Waals surface area (Å²) in [6, 6.07) is 3.78. The first-order valence-electron chi connectivity index (χ1n) is 6.63. The SMILES string of the molecule is CC(O)/C(=C\c1ccc(OC(F)F)c(O)c1)NC1N=CNC1=O. The van der Waals surface area contributed by atoms with E-state index in [4.69, 9.17) is 0 Å². The number of halogens is 2. The Labute approximate surface area is 130 Å². The first-order valence-corrected chi connectivity index (χ1v) is 6.63. The van der Waals surface area contributed by atoms with Crippen LogP contribution in [0, 0.1) is 0 Å². The number of benzene rings is 1. The minimum atomic E-state index is -3.05. The lowest BCUT2D eigenvalue weighted by Crippen LogP contribution is -2.38. The fourth-order valence-corrected chi connectivity index (χ4v) is 1.86. The minimum absolute atomic E-state index is 0.270. The van der Waals surface area contributed by atoms with Crippen molar-refractivity contribution < 1.29 is 28.5 Å². The quantitative estimate of drug-likeness (QED) is 0.618. The molecule has 0 aromatic heterocycles. The molecule has 9 heteroatoms. The van der Waals surface area contributed by atoms with Crippen molar-refractivity contribution >= 4 is 18.3 Å². The fourth-order valence-electron chi connectivity index (χ4n) is 1.86. The van der Waals surface area contributed by atoms with Gasteiger partial charge in [-0.3, -0.25) is 4.79 Å². The second-order valence-electron chi connectivity index (χ2n) is 4.71. The number of nitrogens with one attached hydrogen (secondary N) is 2. The van der Waals surface area contributed by atoms with Crippen LogP contribution in [0.4, 0.5) is 8.78 Å². The monoisotopic (exact) mass is 327 g/mol. The molecule has 0 spiro atoms. The lowest BCUT2D eigenvalue weighted by atomic mass is 10.1. The van der Waals surface area contributed by atoms with Gasteiger partial charge in [0.1, 0.15) is 0 Å². The Morgan fingerprint density at radius 2 is 2.26 bits per heavy atom. The topological polar surface area (TPSA) is 103 Å². The van der Waals surface area contributed by atoms with E-state index >= 15 is 0 Å². The first kappa shape index (κ1) is 16.7. The van der Waals surface area contributed by atoms with E-state index in [1.165, 1.54) is 37.5 Å². The van der Waals surface area contributed by atoms with Crippen LogP contribution in [-0.2, 0) is 4.79 Å². The number of rotatable bonds is 6. The number of phenols is 1. The average molecular weight is 327 g/mol. The molecule has 7 nitrogen and oxygen atoms in total. The van der Waals surface area contributed by atoms with Crippen LogP contribution in [0.3, 0.4) is 0 Å². The van der Waals surface area contributed by atoms with Crippen molar-refractivity contribution in [3.63, 3.8) is 0 Å². The Bertz CT molecular complexity index is 647. The van der Waals surface area contributed by atoms with Crippen molar-refractivity contribution in [3.8, 4) is 11.5 Å². The van der Waals surface area contributed by atoms with Crippen LogP contribution in [0.1, 0.15) is 12.5 Å². The van der Waals surface area contributed by atoms with Crippen molar-refractivity contribution in [2.45, 2.75) is 25.8 Å². The number of aliphatic imine (C=N–C) groups is 1. The second-order valence-corrected chi connectivity index (χ2v) is 4.71. The third-order valence-corrected chi connectivity index (χ3v) is 2.95. The summed E-state index contributed by atoms with van der Waals surface area (Å²) in [6.45, 7) is -1.57. The van der Waals surface area contributed by atoms with Gasteiger partial charge in [0.2, 0.25) is 0 Å². The molecule has 1 heterocycles. The Hall–Kier alpha value is -2.68. The fraction of sp³-hybridized carbons (Fsp3) is 0.286. The van der Waals surface area contributed by atoms with Crippen molar-refractivity contribution in [3.05, 3.63) is 29.5 Å². The number of amides is 1. The first-order chi connectivity index (χ1) is 10.9. The molecule has 0 bridgehead atoms. The van der Waals surface area contributed by atoms with Gasteiger partial charge in [-0.25, -0.2) is 4.99 Å². The number of phenolic OH excluding ortho intramolecular Hbond substituents is 1. The summed E-state index contributed by atoms with van der Waals surface area (Å²) in [5.74, 6) is -1.20. The van der Waals surface area contributed by atoms with Gasteiger partial charge in [0.25, 0.3) is 5.91 Å². The molecular formula is C14H15F2N3O4. The number of nitrogens with zero attached hydrogens (tertiary/aromatic N) is 1. The maximum atomic E-state index is 12.1. The van der Waals surface area contributed by atoms with Gasteiger partial charge in [0.05, 0.1) is 12.4 Å². The molecule has 0 aliphatic carbocycles. The van der Waals surface area contributed by atoms with Crippen molar-refractivity contribution in [2.24, 2.45) is 4.99 Å². The largest absolute Gasteiger partial charge is 0.504 e. The summed E-state index contributed by atoms with van der Waals surface area (Å²) < 4.78 is 28.4. The molecule has 1 aromatic carbocycles. The number of hydrogen-bond donors (Lipinski definition) is 4.